The van der Waals surface area contributed by atoms with Crippen molar-refractivity contribution in [1.29, 1.82) is 0 Å². The van der Waals surface area contributed by atoms with Gasteiger partial charge in [0.1, 0.15) is 18.1 Å². The first-order valence-corrected chi connectivity index (χ1v) is 12.9. The molecule has 2 atom stereocenters. The number of phenolic OH excluding ortho intramolecular Hbond substituents is 1. The average molecular weight is 527 g/mol. The molecule has 5 N–H and O–H groups in total. The summed E-state index contributed by atoms with van der Waals surface area (Å²) in [6.45, 7) is 4.25. The summed E-state index contributed by atoms with van der Waals surface area (Å²) in [5.74, 6) is 0.0411. The summed E-state index contributed by atoms with van der Waals surface area (Å²) in [6.07, 6.45) is 3.78. The molecule has 1 heterocycles. The molecule has 39 heavy (non-hydrogen) atoms. The normalized spacial score (nSPS) is 12.6. The molecule has 0 aliphatic rings. The summed E-state index contributed by atoms with van der Waals surface area (Å²) in [5, 5.41) is 15.0. The number of anilines is 2. The molecule has 3 aromatic carbocycles. The molecule has 202 valence electrons. The number of benzene rings is 3. The highest BCUT2D eigenvalue weighted by molar-refractivity contribution is 5.89. The van der Waals surface area contributed by atoms with Crippen LogP contribution in [-0.4, -0.2) is 34.2 Å². The Balaban J connectivity index is 1.70. The van der Waals surface area contributed by atoms with Crippen molar-refractivity contribution in [2.24, 2.45) is 0 Å². The van der Waals surface area contributed by atoms with Gasteiger partial charge >= 0.3 is 0 Å². The summed E-state index contributed by atoms with van der Waals surface area (Å²) >= 11 is 0. The highest BCUT2D eigenvalue weighted by Crippen LogP contribution is 2.30. The van der Waals surface area contributed by atoms with Crippen LogP contribution in [0.3, 0.4) is 0 Å². The van der Waals surface area contributed by atoms with Crippen LogP contribution in [0.4, 0.5) is 11.4 Å². The number of pyridine rings is 1. The lowest BCUT2D eigenvalue weighted by molar-refractivity contribution is -0.131. The fourth-order valence-corrected chi connectivity index (χ4v) is 4.92. The van der Waals surface area contributed by atoms with Crippen molar-refractivity contribution in [1.82, 2.24) is 9.88 Å². The Labute approximate surface area is 227 Å². The summed E-state index contributed by atoms with van der Waals surface area (Å²) in [5.41, 5.74) is 10.3. The first kappa shape index (κ1) is 27.4. The number of amides is 1. The van der Waals surface area contributed by atoms with Crippen LogP contribution in [0.15, 0.2) is 71.7 Å². The number of H-pyrrole nitrogens is 1. The maximum absolute atomic E-state index is 13.9. The largest absolute Gasteiger partial charge is 0.508 e. The lowest BCUT2D eigenvalue weighted by atomic mass is 9.90. The summed E-state index contributed by atoms with van der Waals surface area (Å²) in [4.78, 5) is 41.4. The van der Waals surface area contributed by atoms with E-state index in [4.69, 9.17) is 5.73 Å². The number of aldehydes is 1. The van der Waals surface area contributed by atoms with E-state index >= 15 is 0 Å². The number of rotatable bonds is 10. The van der Waals surface area contributed by atoms with Crippen molar-refractivity contribution in [3.63, 3.8) is 0 Å². The van der Waals surface area contributed by atoms with Crippen LogP contribution < -0.4 is 16.6 Å². The molecule has 0 aliphatic carbocycles. The Kier molecular flexibility index (Phi) is 8.34. The number of nitrogens with one attached hydrogen (secondary N) is 2. The predicted molar refractivity (Wildman–Crippen MR) is 155 cm³/mol. The second-order valence-electron chi connectivity index (χ2n) is 10.0. The molecule has 0 radical (unpaired) electrons. The van der Waals surface area contributed by atoms with Crippen molar-refractivity contribution in [2.45, 2.75) is 45.2 Å². The number of nitrogens with two attached hydrogens (primary N) is 1. The number of nitrogens with zero attached hydrogens (tertiary/aromatic N) is 1. The van der Waals surface area contributed by atoms with Crippen molar-refractivity contribution in [3.05, 3.63) is 99.5 Å². The van der Waals surface area contributed by atoms with E-state index in [0.717, 1.165) is 34.8 Å². The second-order valence-corrected chi connectivity index (χ2v) is 10.0. The molecule has 1 unspecified atom stereocenters. The quantitative estimate of drug-likeness (QED) is 0.131. The summed E-state index contributed by atoms with van der Waals surface area (Å²) < 4.78 is 0. The zero-order valence-corrected chi connectivity index (χ0v) is 22.4. The minimum atomic E-state index is -0.767. The number of aromatic nitrogens is 1. The zero-order valence-electron chi connectivity index (χ0n) is 22.4. The van der Waals surface area contributed by atoms with Crippen LogP contribution in [0.2, 0.25) is 0 Å². The first-order valence-electron chi connectivity index (χ1n) is 12.9. The number of likely N-dealkylation sites (N-methyl/N-ethyl adjacent to an activating group) is 1. The molecule has 8 heteroatoms. The number of hydrogen-bond acceptors (Lipinski definition) is 6. The SMILES string of the molecule is Cc1cc(C(Nc2ccc3cc[nH]c(=O)c3c2)C(=O)N(C)Cc2cc(N)ccc2O)ccc1[C@@H](C)CCC=O. The number of carbonyl (C=O) groups excluding carboxylic acids is 2. The van der Waals surface area contributed by atoms with Gasteiger partial charge in [-0.25, -0.2) is 0 Å². The maximum Gasteiger partial charge on any atom is 0.255 e. The molecule has 1 aromatic heterocycles. The number of aromatic hydroxyl groups is 1. The molecule has 0 aliphatic heterocycles. The van der Waals surface area contributed by atoms with Gasteiger partial charge in [0.05, 0.1) is 0 Å². The Bertz CT molecular complexity index is 1560. The maximum atomic E-state index is 13.9. The van der Waals surface area contributed by atoms with Gasteiger partial charge in [-0.05, 0) is 77.7 Å². The highest BCUT2D eigenvalue weighted by Gasteiger charge is 2.26. The smallest absolute Gasteiger partial charge is 0.255 e. The molecule has 0 bridgehead atoms. The Hall–Kier alpha value is -4.59. The van der Waals surface area contributed by atoms with E-state index in [1.54, 1.807) is 31.4 Å². The van der Waals surface area contributed by atoms with E-state index < -0.39 is 6.04 Å². The van der Waals surface area contributed by atoms with Crippen LogP contribution in [0.1, 0.15) is 54.0 Å². The van der Waals surface area contributed by atoms with Gasteiger partial charge in [-0.2, -0.15) is 0 Å². The number of carbonyl (C=O) groups is 2. The van der Waals surface area contributed by atoms with E-state index in [2.05, 4.69) is 17.2 Å². The highest BCUT2D eigenvalue weighted by atomic mass is 16.3. The standard InChI is InChI=1S/C31H34N4O4/c1-19(5-4-14-36)26-10-7-22(15-20(26)2)29(31(39)35(3)18-23-16-24(32)8-11-28(23)37)34-25-9-6-21-12-13-33-30(38)27(21)17-25/h6-17,19,29,34,37H,4-5,18,32H2,1-3H3,(H,33,38)/t19-,29?/m0/s1. The number of aromatic amines is 1. The number of nitrogen functional groups attached to an aromatic ring is 1. The monoisotopic (exact) mass is 526 g/mol. The van der Waals surface area contributed by atoms with Gasteiger partial charge in [0, 0.05) is 48.5 Å². The summed E-state index contributed by atoms with van der Waals surface area (Å²) in [6, 6.07) is 17.2. The first-order chi connectivity index (χ1) is 18.7. The molecule has 4 rings (SSSR count). The zero-order chi connectivity index (χ0) is 28.1. The lowest BCUT2D eigenvalue weighted by Gasteiger charge is -2.27. The molecule has 0 saturated carbocycles. The number of hydrogen-bond donors (Lipinski definition) is 4. The van der Waals surface area contributed by atoms with Gasteiger partial charge in [-0.3, -0.25) is 9.59 Å². The van der Waals surface area contributed by atoms with Crippen molar-refractivity contribution in [3.8, 4) is 5.75 Å². The molecule has 0 spiro atoms. The molecule has 1 amide bonds. The number of aryl methyl sites for hydroxylation is 1. The van der Waals surface area contributed by atoms with E-state index in [1.165, 1.54) is 11.0 Å². The number of phenols is 1. The Morgan fingerprint density at radius 1 is 1.13 bits per heavy atom. The van der Waals surface area contributed by atoms with Gasteiger partial charge in [0.2, 0.25) is 5.91 Å². The molecule has 4 aromatic rings. The van der Waals surface area contributed by atoms with Gasteiger partial charge in [-0.15, -0.1) is 0 Å². The fraction of sp³-hybridized carbons (Fsp3) is 0.258. The van der Waals surface area contributed by atoms with Gasteiger partial charge in [0.25, 0.3) is 5.56 Å². The molecule has 0 saturated heterocycles. The third kappa shape index (κ3) is 6.29. The minimum Gasteiger partial charge on any atom is -0.508 e. The van der Waals surface area contributed by atoms with E-state index in [9.17, 15) is 19.5 Å². The van der Waals surface area contributed by atoms with Crippen LogP contribution in [-0.2, 0) is 16.1 Å². The predicted octanol–water partition coefficient (Wildman–Crippen LogP) is 5.02. The van der Waals surface area contributed by atoms with Crippen LogP contribution in [0, 0.1) is 6.92 Å². The molecule has 8 nitrogen and oxygen atoms in total. The lowest BCUT2D eigenvalue weighted by Crippen LogP contribution is -2.35. The third-order valence-corrected chi connectivity index (χ3v) is 7.10. The fourth-order valence-electron chi connectivity index (χ4n) is 4.92. The topological polar surface area (TPSA) is 129 Å². The molecule has 0 fully saturated rings. The van der Waals surface area contributed by atoms with Gasteiger partial charge < -0.3 is 30.8 Å². The Morgan fingerprint density at radius 2 is 1.92 bits per heavy atom. The van der Waals surface area contributed by atoms with Crippen molar-refractivity contribution < 1.29 is 14.7 Å². The van der Waals surface area contributed by atoms with Crippen LogP contribution in [0.5, 0.6) is 5.75 Å². The van der Waals surface area contributed by atoms with Crippen molar-refractivity contribution in [2.75, 3.05) is 18.1 Å². The minimum absolute atomic E-state index is 0.0617. The average Bonchev–Trinajstić information content (AvgIpc) is 2.92. The number of fused-ring (bicyclic) bond motifs is 1. The van der Waals surface area contributed by atoms with Crippen LogP contribution in [0.25, 0.3) is 10.8 Å². The van der Waals surface area contributed by atoms with E-state index in [0.29, 0.717) is 28.7 Å². The van der Waals surface area contributed by atoms with E-state index in [-0.39, 0.29) is 29.7 Å². The molecular formula is C31H34N4O4. The second kappa shape index (κ2) is 11.9. The third-order valence-electron chi connectivity index (χ3n) is 7.10. The Morgan fingerprint density at radius 3 is 2.67 bits per heavy atom. The van der Waals surface area contributed by atoms with Crippen LogP contribution >= 0.6 is 0 Å². The van der Waals surface area contributed by atoms with Gasteiger partial charge in [0.15, 0.2) is 0 Å². The molecular weight excluding hydrogens is 492 g/mol. The van der Waals surface area contributed by atoms with Gasteiger partial charge in [-0.1, -0.05) is 31.2 Å². The van der Waals surface area contributed by atoms with Crippen molar-refractivity contribution >= 4 is 34.3 Å². The van der Waals surface area contributed by atoms with E-state index in [1.807, 2.05) is 43.3 Å². The summed E-state index contributed by atoms with van der Waals surface area (Å²) in [7, 11) is 1.67.